The molecule has 0 radical (unpaired) electrons. The lowest BCUT2D eigenvalue weighted by Crippen LogP contribution is -2.47. The summed E-state index contributed by atoms with van der Waals surface area (Å²) in [7, 11) is -0.391. The largest absolute Gasteiger partial charge is 0.485 e. The first-order chi connectivity index (χ1) is 10.5. The molecule has 1 aromatic heterocycles. The molecule has 1 aromatic rings. The van der Waals surface area contributed by atoms with Crippen LogP contribution < -0.4 is 4.74 Å². The summed E-state index contributed by atoms with van der Waals surface area (Å²) in [6.07, 6.45) is 4.41. The van der Waals surface area contributed by atoms with E-state index in [4.69, 9.17) is 9.47 Å². The number of hydrogen-bond acceptors (Lipinski definition) is 5. The number of aromatic nitrogens is 1. The Bertz CT molecular complexity index is 608. The number of ether oxygens (including phenoxy) is 2. The molecule has 8 heteroatoms. The lowest BCUT2D eigenvalue weighted by molar-refractivity contribution is -0.0419. The molecule has 122 valence electrons. The van der Waals surface area contributed by atoms with Gasteiger partial charge in [-0.25, -0.2) is 0 Å². The molecular formula is C14H21N3O4S. The molecule has 2 saturated heterocycles. The number of fused-ring (bicyclic) bond motifs is 1. The zero-order chi connectivity index (χ0) is 15.7. The van der Waals surface area contributed by atoms with Crippen molar-refractivity contribution < 1.29 is 17.9 Å². The quantitative estimate of drug-likeness (QED) is 0.805. The van der Waals surface area contributed by atoms with Gasteiger partial charge in [0, 0.05) is 26.9 Å². The summed E-state index contributed by atoms with van der Waals surface area (Å²) in [6, 6.07) is 3.44. The molecule has 0 unspecified atom stereocenters. The summed E-state index contributed by atoms with van der Waals surface area (Å²) in [6.45, 7) is 0.939. The third-order valence-corrected chi connectivity index (χ3v) is 6.05. The van der Waals surface area contributed by atoms with Crippen molar-refractivity contribution >= 4 is 10.2 Å². The van der Waals surface area contributed by atoms with E-state index in [1.165, 1.54) is 8.61 Å². The standard InChI is InChI=1S/C14H21N3O4S/c1-16(2)22(18,19)17-10-13(14-12(17)6-4-8-20-14)21-11-5-3-7-15-9-11/h3,5,7,9,12-14H,4,6,8,10H2,1-2H3/t12-,13-,14+/m1/s1. The smallest absolute Gasteiger partial charge is 0.281 e. The third-order valence-electron chi connectivity index (χ3n) is 4.11. The zero-order valence-electron chi connectivity index (χ0n) is 12.8. The van der Waals surface area contributed by atoms with Crippen LogP contribution in [0.3, 0.4) is 0 Å². The van der Waals surface area contributed by atoms with Gasteiger partial charge >= 0.3 is 0 Å². The zero-order valence-corrected chi connectivity index (χ0v) is 13.6. The van der Waals surface area contributed by atoms with E-state index in [0.717, 1.165) is 12.8 Å². The van der Waals surface area contributed by atoms with Gasteiger partial charge in [0.25, 0.3) is 10.2 Å². The number of nitrogens with zero attached hydrogens (tertiary/aromatic N) is 3. The van der Waals surface area contributed by atoms with Crippen molar-refractivity contribution in [3.8, 4) is 5.75 Å². The summed E-state index contributed by atoms with van der Waals surface area (Å²) in [5.41, 5.74) is 0. The number of pyridine rings is 1. The summed E-state index contributed by atoms with van der Waals surface area (Å²) in [5, 5.41) is 0. The fourth-order valence-electron chi connectivity index (χ4n) is 3.04. The van der Waals surface area contributed by atoms with Crippen molar-refractivity contribution in [1.29, 1.82) is 0 Å². The minimum atomic E-state index is -3.48. The molecule has 2 aliphatic rings. The molecule has 22 heavy (non-hydrogen) atoms. The maximum Gasteiger partial charge on any atom is 0.281 e. The lowest BCUT2D eigenvalue weighted by atomic mass is 10.0. The van der Waals surface area contributed by atoms with E-state index in [-0.39, 0.29) is 18.2 Å². The Morgan fingerprint density at radius 2 is 2.27 bits per heavy atom. The van der Waals surface area contributed by atoms with Gasteiger partial charge in [-0.05, 0) is 25.0 Å². The normalized spacial score (nSPS) is 29.5. The lowest BCUT2D eigenvalue weighted by Gasteiger charge is -2.32. The van der Waals surface area contributed by atoms with Gasteiger partial charge < -0.3 is 9.47 Å². The highest BCUT2D eigenvalue weighted by molar-refractivity contribution is 7.86. The first kappa shape index (κ1) is 15.7. The van der Waals surface area contributed by atoms with Crippen LogP contribution in [0.4, 0.5) is 0 Å². The Labute approximate surface area is 131 Å². The van der Waals surface area contributed by atoms with E-state index in [1.807, 2.05) is 6.07 Å². The average molecular weight is 327 g/mol. The third kappa shape index (κ3) is 2.83. The molecule has 0 saturated carbocycles. The van der Waals surface area contributed by atoms with Gasteiger partial charge in [-0.15, -0.1) is 0 Å². The van der Waals surface area contributed by atoms with Gasteiger partial charge in [-0.2, -0.15) is 17.0 Å². The molecule has 0 amide bonds. The van der Waals surface area contributed by atoms with Crippen molar-refractivity contribution in [1.82, 2.24) is 13.6 Å². The highest BCUT2D eigenvalue weighted by Gasteiger charge is 2.50. The SMILES string of the molecule is CN(C)S(=O)(=O)N1C[C@@H](Oc2cccnc2)[C@H]2OCCC[C@H]21. The highest BCUT2D eigenvalue weighted by Crippen LogP contribution is 2.33. The molecule has 3 atom stereocenters. The van der Waals surface area contributed by atoms with Crippen LogP contribution in [-0.4, -0.2) is 67.5 Å². The van der Waals surface area contributed by atoms with E-state index < -0.39 is 10.2 Å². The Morgan fingerprint density at radius 1 is 1.45 bits per heavy atom. The maximum absolute atomic E-state index is 12.5. The van der Waals surface area contributed by atoms with Crippen molar-refractivity contribution in [2.45, 2.75) is 31.1 Å². The van der Waals surface area contributed by atoms with Crippen LogP contribution in [0.2, 0.25) is 0 Å². The van der Waals surface area contributed by atoms with E-state index in [9.17, 15) is 8.42 Å². The van der Waals surface area contributed by atoms with E-state index in [0.29, 0.717) is 18.9 Å². The van der Waals surface area contributed by atoms with Crippen molar-refractivity contribution in [3.05, 3.63) is 24.5 Å². The van der Waals surface area contributed by atoms with Gasteiger partial charge in [-0.1, -0.05) is 0 Å². The molecule has 0 spiro atoms. The maximum atomic E-state index is 12.5. The second-order valence-corrected chi connectivity index (χ2v) is 7.84. The van der Waals surface area contributed by atoms with Crippen LogP contribution in [0.1, 0.15) is 12.8 Å². The van der Waals surface area contributed by atoms with Gasteiger partial charge in [0.2, 0.25) is 0 Å². The molecule has 3 heterocycles. The Balaban J connectivity index is 1.83. The Morgan fingerprint density at radius 3 is 2.95 bits per heavy atom. The second kappa shape index (κ2) is 6.11. The van der Waals surface area contributed by atoms with Gasteiger partial charge in [-0.3, -0.25) is 4.98 Å². The second-order valence-electron chi connectivity index (χ2n) is 5.75. The summed E-state index contributed by atoms with van der Waals surface area (Å²) in [4.78, 5) is 4.02. The van der Waals surface area contributed by atoms with Crippen molar-refractivity contribution in [2.75, 3.05) is 27.2 Å². The van der Waals surface area contributed by atoms with Crippen LogP contribution in [-0.2, 0) is 14.9 Å². The number of rotatable bonds is 4. The molecule has 0 N–H and O–H groups in total. The van der Waals surface area contributed by atoms with Gasteiger partial charge in [0.15, 0.2) is 0 Å². The topological polar surface area (TPSA) is 72.0 Å². The van der Waals surface area contributed by atoms with Crippen LogP contribution >= 0.6 is 0 Å². The summed E-state index contributed by atoms with van der Waals surface area (Å²) in [5.74, 6) is 0.629. The van der Waals surface area contributed by atoms with E-state index in [1.54, 1.807) is 32.6 Å². The first-order valence-electron chi connectivity index (χ1n) is 7.38. The molecule has 0 aliphatic carbocycles. The molecule has 0 aromatic carbocycles. The monoisotopic (exact) mass is 327 g/mol. The molecule has 3 rings (SSSR count). The van der Waals surface area contributed by atoms with E-state index >= 15 is 0 Å². The average Bonchev–Trinajstić information content (AvgIpc) is 2.88. The minimum Gasteiger partial charge on any atom is -0.485 e. The molecule has 2 aliphatic heterocycles. The molecular weight excluding hydrogens is 306 g/mol. The van der Waals surface area contributed by atoms with Crippen LogP contribution in [0.25, 0.3) is 0 Å². The molecule has 7 nitrogen and oxygen atoms in total. The van der Waals surface area contributed by atoms with Gasteiger partial charge in [0.05, 0.1) is 18.8 Å². The molecule has 2 fully saturated rings. The summed E-state index contributed by atoms with van der Waals surface area (Å²) < 4.78 is 39.5. The fraction of sp³-hybridized carbons (Fsp3) is 0.643. The predicted octanol–water partition coefficient (Wildman–Crippen LogP) is 0.499. The Hall–Kier alpha value is -1.22. The number of hydrogen-bond donors (Lipinski definition) is 0. The first-order valence-corrected chi connectivity index (χ1v) is 8.77. The van der Waals surface area contributed by atoms with Crippen LogP contribution in [0, 0.1) is 0 Å². The van der Waals surface area contributed by atoms with E-state index in [2.05, 4.69) is 4.98 Å². The van der Waals surface area contributed by atoms with Crippen molar-refractivity contribution in [2.24, 2.45) is 0 Å². The fourth-order valence-corrected chi connectivity index (χ4v) is 4.36. The highest BCUT2D eigenvalue weighted by atomic mass is 32.2. The van der Waals surface area contributed by atoms with Gasteiger partial charge in [0.1, 0.15) is 18.0 Å². The Kier molecular flexibility index (Phi) is 4.35. The van der Waals surface area contributed by atoms with Crippen LogP contribution in [0.15, 0.2) is 24.5 Å². The van der Waals surface area contributed by atoms with Crippen molar-refractivity contribution in [3.63, 3.8) is 0 Å². The van der Waals surface area contributed by atoms with Crippen LogP contribution in [0.5, 0.6) is 5.75 Å². The minimum absolute atomic E-state index is 0.164. The predicted molar refractivity (Wildman–Crippen MR) is 80.7 cm³/mol. The molecule has 0 bridgehead atoms. The summed E-state index contributed by atoms with van der Waals surface area (Å²) >= 11 is 0.